The number of hydrogen-bond acceptors (Lipinski definition) is 2. The highest BCUT2D eigenvalue weighted by Crippen LogP contribution is 2.43. The topological polar surface area (TPSA) is 62.5 Å². The third kappa shape index (κ3) is 2.16. The normalized spacial score (nSPS) is 16.5. The van der Waals surface area contributed by atoms with E-state index in [0.29, 0.717) is 5.56 Å². The van der Waals surface area contributed by atoms with Crippen LogP contribution in [0.5, 0.6) is 0 Å². The highest BCUT2D eigenvalue weighted by molar-refractivity contribution is 6.02. The molecule has 0 spiro atoms. The van der Waals surface area contributed by atoms with Crippen LogP contribution >= 0.6 is 0 Å². The Bertz CT molecular complexity index is 1020. The fourth-order valence-electron chi connectivity index (χ4n) is 3.89. The average Bonchev–Trinajstić information content (AvgIpc) is 3.01. The number of aromatic nitrogens is 1. The van der Waals surface area contributed by atoms with Gasteiger partial charge in [0, 0.05) is 34.8 Å². The predicted molar refractivity (Wildman–Crippen MR) is 94.6 cm³/mol. The first-order valence-electron chi connectivity index (χ1n) is 8.16. The molecule has 0 saturated heterocycles. The van der Waals surface area contributed by atoms with Gasteiger partial charge >= 0.3 is 5.97 Å². The molecule has 5 nitrogen and oxygen atoms in total. The van der Waals surface area contributed by atoms with Gasteiger partial charge in [0.2, 0.25) is 0 Å². The second kappa shape index (κ2) is 5.48. The minimum atomic E-state index is -1.01. The fraction of sp³-hybridized carbons (Fsp3) is 0.200. The van der Waals surface area contributed by atoms with Gasteiger partial charge in [0.05, 0.1) is 6.04 Å². The number of aliphatic carboxylic acids is 1. The quantitative estimate of drug-likeness (QED) is 0.800. The summed E-state index contributed by atoms with van der Waals surface area (Å²) in [4.78, 5) is 25.7. The van der Waals surface area contributed by atoms with Crippen molar-refractivity contribution in [3.05, 3.63) is 70.9 Å². The third-order valence-electron chi connectivity index (χ3n) is 5.09. The van der Waals surface area contributed by atoms with Crippen LogP contribution in [0.2, 0.25) is 0 Å². The van der Waals surface area contributed by atoms with Crippen molar-refractivity contribution in [3.8, 4) is 0 Å². The van der Waals surface area contributed by atoms with E-state index in [1.807, 2.05) is 56.4 Å². The van der Waals surface area contributed by atoms with Crippen LogP contribution in [0.4, 0.5) is 0 Å². The summed E-state index contributed by atoms with van der Waals surface area (Å²) >= 11 is 0. The molecule has 1 aromatic heterocycles. The molecule has 1 amide bonds. The zero-order valence-corrected chi connectivity index (χ0v) is 14.1. The molecule has 2 heterocycles. The van der Waals surface area contributed by atoms with Gasteiger partial charge in [0.15, 0.2) is 0 Å². The van der Waals surface area contributed by atoms with E-state index in [0.717, 1.165) is 27.7 Å². The molecule has 2 aromatic carbocycles. The van der Waals surface area contributed by atoms with E-state index in [9.17, 15) is 14.7 Å². The highest BCUT2D eigenvalue weighted by atomic mass is 16.4. The van der Waals surface area contributed by atoms with E-state index in [2.05, 4.69) is 4.57 Å². The molecule has 5 heteroatoms. The van der Waals surface area contributed by atoms with Crippen molar-refractivity contribution in [1.29, 1.82) is 0 Å². The molecule has 0 unspecified atom stereocenters. The van der Waals surface area contributed by atoms with Crippen molar-refractivity contribution >= 4 is 22.8 Å². The lowest BCUT2D eigenvalue weighted by Crippen LogP contribution is -2.34. The Hall–Kier alpha value is -3.08. The van der Waals surface area contributed by atoms with Crippen LogP contribution in [0.1, 0.15) is 33.2 Å². The summed E-state index contributed by atoms with van der Waals surface area (Å²) in [5.74, 6) is -1.24. The lowest BCUT2D eigenvalue weighted by molar-refractivity contribution is -0.138. The van der Waals surface area contributed by atoms with Crippen molar-refractivity contribution in [2.75, 3.05) is 6.54 Å². The van der Waals surface area contributed by atoms with E-state index >= 15 is 0 Å². The largest absolute Gasteiger partial charge is 0.480 e. The Kier molecular flexibility index (Phi) is 3.39. The van der Waals surface area contributed by atoms with E-state index in [4.69, 9.17) is 0 Å². The molecule has 3 aromatic rings. The zero-order chi connectivity index (χ0) is 17.7. The number of amides is 1. The Balaban J connectivity index is 2.01. The number of carbonyl (C=O) groups excluding carboxylic acids is 1. The number of para-hydroxylation sites is 1. The number of carbonyl (C=O) groups is 2. The van der Waals surface area contributed by atoms with Gasteiger partial charge in [-0.3, -0.25) is 9.59 Å². The molecule has 1 aliphatic rings. The van der Waals surface area contributed by atoms with Crippen molar-refractivity contribution in [3.63, 3.8) is 0 Å². The second-order valence-electron chi connectivity index (χ2n) is 6.39. The van der Waals surface area contributed by atoms with Gasteiger partial charge in [-0.1, -0.05) is 36.4 Å². The minimum absolute atomic E-state index is 0.227. The van der Waals surface area contributed by atoms with Crippen LogP contribution in [-0.2, 0) is 11.8 Å². The second-order valence-corrected chi connectivity index (χ2v) is 6.39. The van der Waals surface area contributed by atoms with E-state index in [1.54, 1.807) is 6.07 Å². The standard InChI is InChI=1S/C20H18N2O3/c1-12-18(15-9-5-6-10-16(15)21(12)2)19-13-7-3-4-8-14(13)20(25)22(19)11-17(23)24/h3-10,19H,11H2,1-2H3,(H,23,24)/t19-/m1/s1. The molecule has 0 saturated carbocycles. The van der Waals surface area contributed by atoms with Crippen LogP contribution < -0.4 is 0 Å². The maximum Gasteiger partial charge on any atom is 0.323 e. The monoisotopic (exact) mass is 334 g/mol. The number of carboxylic acid groups (broad SMARTS) is 1. The van der Waals surface area contributed by atoms with Crippen LogP contribution in [0.3, 0.4) is 0 Å². The molecule has 126 valence electrons. The lowest BCUT2D eigenvalue weighted by atomic mass is 9.95. The Morgan fingerprint density at radius 3 is 2.56 bits per heavy atom. The number of aryl methyl sites for hydroxylation is 1. The van der Waals surface area contributed by atoms with E-state index < -0.39 is 5.97 Å². The third-order valence-corrected chi connectivity index (χ3v) is 5.09. The molecular formula is C20H18N2O3. The maximum atomic E-state index is 12.8. The number of fused-ring (bicyclic) bond motifs is 2. The first-order chi connectivity index (χ1) is 12.0. The fourth-order valence-corrected chi connectivity index (χ4v) is 3.89. The van der Waals surface area contributed by atoms with Crippen molar-refractivity contribution in [2.24, 2.45) is 7.05 Å². The van der Waals surface area contributed by atoms with Crippen molar-refractivity contribution < 1.29 is 14.7 Å². The predicted octanol–water partition coefficient (Wildman–Crippen LogP) is 3.12. The van der Waals surface area contributed by atoms with Crippen molar-refractivity contribution in [1.82, 2.24) is 9.47 Å². The van der Waals surface area contributed by atoms with Gasteiger partial charge < -0.3 is 14.6 Å². The molecule has 4 rings (SSSR count). The van der Waals surface area contributed by atoms with Gasteiger partial charge in [-0.25, -0.2) is 0 Å². The molecule has 1 atom stereocenters. The average molecular weight is 334 g/mol. The smallest absolute Gasteiger partial charge is 0.323 e. The minimum Gasteiger partial charge on any atom is -0.480 e. The summed E-state index contributed by atoms with van der Waals surface area (Å²) < 4.78 is 2.09. The Morgan fingerprint density at radius 1 is 1.12 bits per heavy atom. The van der Waals surface area contributed by atoms with Gasteiger partial charge in [-0.15, -0.1) is 0 Å². The van der Waals surface area contributed by atoms with Gasteiger partial charge in [-0.05, 0) is 24.6 Å². The molecular weight excluding hydrogens is 316 g/mol. The molecule has 25 heavy (non-hydrogen) atoms. The molecule has 0 aliphatic carbocycles. The number of carboxylic acids is 1. The summed E-state index contributed by atoms with van der Waals surface area (Å²) in [6.45, 7) is 1.69. The SMILES string of the molecule is Cc1c([C@H]2c3ccccc3C(=O)N2CC(=O)O)c2ccccc2n1C. The van der Waals surface area contributed by atoms with Gasteiger partial charge in [0.1, 0.15) is 6.54 Å². The Morgan fingerprint density at radius 2 is 1.80 bits per heavy atom. The summed E-state index contributed by atoms with van der Waals surface area (Å²) in [5.41, 5.74) is 4.56. The van der Waals surface area contributed by atoms with Crippen LogP contribution in [0, 0.1) is 6.92 Å². The van der Waals surface area contributed by atoms with E-state index in [-0.39, 0.29) is 18.5 Å². The molecule has 1 aliphatic heterocycles. The van der Waals surface area contributed by atoms with Crippen LogP contribution in [0.25, 0.3) is 10.9 Å². The summed E-state index contributed by atoms with van der Waals surface area (Å²) in [6.07, 6.45) is 0. The van der Waals surface area contributed by atoms with Gasteiger partial charge in [0.25, 0.3) is 5.91 Å². The van der Waals surface area contributed by atoms with Gasteiger partial charge in [-0.2, -0.15) is 0 Å². The zero-order valence-electron chi connectivity index (χ0n) is 14.1. The molecule has 0 fully saturated rings. The Labute approximate surface area is 145 Å². The first-order valence-corrected chi connectivity index (χ1v) is 8.16. The molecule has 0 bridgehead atoms. The maximum absolute atomic E-state index is 12.8. The number of nitrogens with zero attached hydrogens (tertiary/aromatic N) is 2. The van der Waals surface area contributed by atoms with Crippen LogP contribution in [-0.4, -0.2) is 33.0 Å². The molecule has 1 N–H and O–H groups in total. The molecule has 0 radical (unpaired) electrons. The van der Waals surface area contributed by atoms with Crippen LogP contribution in [0.15, 0.2) is 48.5 Å². The summed E-state index contributed by atoms with van der Waals surface area (Å²) in [6, 6.07) is 15.0. The highest BCUT2D eigenvalue weighted by Gasteiger charge is 2.40. The van der Waals surface area contributed by atoms with E-state index in [1.165, 1.54) is 4.90 Å². The number of hydrogen-bond donors (Lipinski definition) is 1. The van der Waals surface area contributed by atoms with Crippen molar-refractivity contribution in [2.45, 2.75) is 13.0 Å². The lowest BCUT2D eigenvalue weighted by Gasteiger charge is -2.24. The summed E-state index contributed by atoms with van der Waals surface area (Å²) in [7, 11) is 1.99. The number of rotatable bonds is 3. The number of benzene rings is 2. The first kappa shape index (κ1) is 15.4. The summed E-state index contributed by atoms with van der Waals surface area (Å²) in [5, 5.41) is 10.4.